The highest BCUT2D eigenvalue weighted by Gasteiger charge is 2.17. The number of benzene rings is 1. The van der Waals surface area contributed by atoms with Crippen molar-refractivity contribution in [1.29, 1.82) is 0 Å². The van der Waals surface area contributed by atoms with E-state index in [1.54, 1.807) is 17.3 Å². The Bertz CT molecular complexity index is 586. The molecule has 1 atom stereocenters. The fourth-order valence-corrected chi connectivity index (χ4v) is 2.46. The van der Waals surface area contributed by atoms with Gasteiger partial charge in [0.25, 0.3) is 0 Å². The van der Waals surface area contributed by atoms with Crippen molar-refractivity contribution >= 4 is 21.8 Å². The molecule has 3 nitrogen and oxygen atoms in total. The number of pyridine rings is 1. The lowest BCUT2D eigenvalue weighted by Crippen LogP contribution is -2.31. The maximum absolute atomic E-state index is 12.3. The first-order valence-electron chi connectivity index (χ1n) is 6.48. The molecule has 0 spiro atoms. The standard InChI is InChI=1S/C16H17BrN2O/c1-12(14-6-4-8-18-11-14)19(2)16(20)10-13-5-3-7-15(17)9-13/h3-9,11-12H,10H2,1-2H3/t12-/m0/s1. The number of rotatable bonds is 4. The zero-order chi connectivity index (χ0) is 14.5. The summed E-state index contributed by atoms with van der Waals surface area (Å²) in [6.07, 6.45) is 3.94. The summed E-state index contributed by atoms with van der Waals surface area (Å²) < 4.78 is 0.991. The van der Waals surface area contributed by atoms with Gasteiger partial charge in [0.1, 0.15) is 0 Å². The number of aromatic nitrogens is 1. The maximum atomic E-state index is 12.3. The molecule has 1 amide bonds. The summed E-state index contributed by atoms with van der Waals surface area (Å²) in [5.41, 5.74) is 2.05. The minimum Gasteiger partial charge on any atom is -0.339 e. The van der Waals surface area contributed by atoms with Gasteiger partial charge in [-0.05, 0) is 36.2 Å². The van der Waals surface area contributed by atoms with Crippen molar-refractivity contribution in [2.75, 3.05) is 7.05 Å². The fraction of sp³-hybridized carbons (Fsp3) is 0.250. The van der Waals surface area contributed by atoms with E-state index in [1.807, 2.05) is 50.4 Å². The van der Waals surface area contributed by atoms with Crippen LogP contribution in [-0.2, 0) is 11.2 Å². The SMILES string of the molecule is C[C@@H](c1cccnc1)N(C)C(=O)Cc1cccc(Br)c1. The summed E-state index contributed by atoms with van der Waals surface area (Å²) in [7, 11) is 1.83. The Kier molecular flexibility index (Phi) is 4.90. The molecule has 0 fully saturated rings. The van der Waals surface area contributed by atoms with Gasteiger partial charge in [-0.15, -0.1) is 0 Å². The van der Waals surface area contributed by atoms with Gasteiger partial charge in [-0.1, -0.05) is 34.1 Å². The lowest BCUT2D eigenvalue weighted by molar-refractivity contribution is -0.131. The summed E-state index contributed by atoms with van der Waals surface area (Å²) in [5, 5.41) is 0. The lowest BCUT2D eigenvalue weighted by Gasteiger charge is -2.25. The molecule has 2 aromatic rings. The maximum Gasteiger partial charge on any atom is 0.227 e. The zero-order valence-electron chi connectivity index (χ0n) is 11.6. The predicted octanol–water partition coefficient (Wildman–Crippen LogP) is 3.61. The molecule has 0 aliphatic carbocycles. The van der Waals surface area contributed by atoms with Crippen molar-refractivity contribution in [3.8, 4) is 0 Å². The number of hydrogen-bond donors (Lipinski definition) is 0. The first-order chi connectivity index (χ1) is 9.58. The lowest BCUT2D eigenvalue weighted by atomic mass is 10.1. The number of likely N-dealkylation sites (N-methyl/N-ethyl adjacent to an activating group) is 1. The van der Waals surface area contributed by atoms with Crippen LogP contribution in [0.5, 0.6) is 0 Å². The topological polar surface area (TPSA) is 33.2 Å². The third kappa shape index (κ3) is 3.67. The van der Waals surface area contributed by atoms with Crippen molar-refractivity contribution < 1.29 is 4.79 Å². The first kappa shape index (κ1) is 14.7. The third-order valence-electron chi connectivity index (χ3n) is 3.39. The van der Waals surface area contributed by atoms with E-state index in [0.717, 1.165) is 15.6 Å². The van der Waals surface area contributed by atoms with Crippen LogP contribution in [0.2, 0.25) is 0 Å². The van der Waals surface area contributed by atoms with E-state index >= 15 is 0 Å². The highest BCUT2D eigenvalue weighted by molar-refractivity contribution is 9.10. The molecular formula is C16H17BrN2O. The molecule has 20 heavy (non-hydrogen) atoms. The van der Waals surface area contributed by atoms with Gasteiger partial charge in [0.05, 0.1) is 12.5 Å². The minimum absolute atomic E-state index is 0.0170. The number of halogens is 1. The molecule has 1 aromatic carbocycles. The summed E-state index contributed by atoms with van der Waals surface area (Å²) in [4.78, 5) is 18.2. The second kappa shape index (κ2) is 6.66. The Morgan fingerprint density at radius 3 is 2.80 bits per heavy atom. The molecule has 0 N–H and O–H groups in total. The summed E-state index contributed by atoms with van der Waals surface area (Å²) in [6.45, 7) is 2.01. The van der Waals surface area contributed by atoms with Crippen molar-refractivity contribution in [2.24, 2.45) is 0 Å². The number of amides is 1. The molecule has 0 aliphatic rings. The molecule has 0 saturated carbocycles. The predicted molar refractivity (Wildman–Crippen MR) is 83.3 cm³/mol. The van der Waals surface area contributed by atoms with Gasteiger partial charge in [0.15, 0.2) is 0 Å². The normalized spacial score (nSPS) is 11.9. The average Bonchev–Trinajstić information content (AvgIpc) is 2.46. The van der Waals surface area contributed by atoms with Crippen LogP contribution in [0.15, 0.2) is 53.3 Å². The van der Waals surface area contributed by atoms with E-state index in [9.17, 15) is 4.79 Å². The quantitative estimate of drug-likeness (QED) is 0.856. The van der Waals surface area contributed by atoms with Crippen molar-refractivity contribution in [3.05, 3.63) is 64.4 Å². The Balaban J connectivity index is 2.05. The Labute approximate surface area is 127 Å². The van der Waals surface area contributed by atoms with Gasteiger partial charge in [-0.3, -0.25) is 9.78 Å². The third-order valence-corrected chi connectivity index (χ3v) is 3.88. The molecule has 104 valence electrons. The van der Waals surface area contributed by atoms with Gasteiger partial charge >= 0.3 is 0 Å². The van der Waals surface area contributed by atoms with E-state index in [2.05, 4.69) is 20.9 Å². The van der Waals surface area contributed by atoms with Crippen LogP contribution in [0.1, 0.15) is 24.1 Å². The molecule has 0 radical (unpaired) electrons. The molecule has 0 saturated heterocycles. The van der Waals surface area contributed by atoms with Gasteiger partial charge in [0, 0.05) is 23.9 Å². The largest absolute Gasteiger partial charge is 0.339 e. The van der Waals surface area contributed by atoms with Gasteiger partial charge in [-0.2, -0.15) is 0 Å². The van der Waals surface area contributed by atoms with Gasteiger partial charge in [0.2, 0.25) is 5.91 Å². The van der Waals surface area contributed by atoms with Crippen molar-refractivity contribution in [1.82, 2.24) is 9.88 Å². The van der Waals surface area contributed by atoms with Crippen LogP contribution in [0.3, 0.4) is 0 Å². The van der Waals surface area contributed by atoms with Crippen LogP contribution >= 0.6 is 15.9 Å². The molecule has 0 bridgehead atoms. The van der Waals surface area contributed by atoms with E-state index in [-0.39, 0.29) is 11.9 Å². The molecule has 0 aliphatic heterocycles. The molecule has 1 aromatic heterocycles. The number of carbonyl (C=O) groups excluding carboxylic acids is 1. The first-order valence-corrected chi connectivity index (χ1v) is 7.27. The number of carbonyl (C=O) groups is 1. The zero-order valence-corrected chi connectivity index (χ0v) is 13.2. The molecular weight excluding hydrogens is 316 g/mol. The van der Waals surface area contributed by atoms with E-state index < -0.39 is 0 Å². The molecule has 2 rings (SSSR count). The highest BCUT2D eigenvalue weighted by atomic mass is 79.9. The average molecular weight is 333 g/mol. The van der Waals surface area contributed by atoms with Gasteiger partial charge in [-0.25, -0.2) is 0 Å². The molecule has 4 heteroatoms. The van der Waals surface area contributed by atoms with E-state index in [1.165, 1.54) is 0 Å². The molecule has 0 unspecified atom stereocenters. The van der Waals surface area contributed by atoms with Gasteiger partial charge < -0.3 is 4.90 Å². The smallest absolute Gasteiger partial charge is 0.227 e. The fourth-order valence-electron chi connectivity index (χ4n) is 2.01. The Hall–Kier alpha value is -1.68. The van der Waals surface area contributed by atoms with Crippen LogP contribution in [0.4, 0.5) is 0 Å². The monoisotopic (exact) mass is 332 g/mol. The molecule has 1 heterocycles. The van der Waals surface area contributed by atoms with Crippen molar-refractivity contribution in [3.63, 3.8) is 0 Å². The summed E-state index contributed by atoms with van der Waals surface area (Å²) in [5.74, 6) is 0.0967. The highest BCUT2D eigenvalue weighted by Crippen LogP contribution is 2.19. The van der Waals surface area contributed by atoms with Crippen LogP contribution in [-0.4, -0.2) is 22.8 Å². The Morgan fingerprint density at radius 2 is 2.15 bits per heavy atom. The van der Waals surface area contributed by atoms with Crippen LogP contribution < -0.4 is 0 Å². The Morgan fingerprint density at radius 1 is 1.35 bits per heavy atom. The van der Waals surface area contributed by atoms with E-state index in [4.69, 9.17) is 0 Å². The number of nitrogens with zero attached hydrogens (tertiary/aromatic N) is 2. The van der Waals surface area contributed by atoms with Crippen molar-refractivity contribution in [2.45, 2.75) is 19.4 Å². The summed E-state index contributed by atoms with van der Waals surface area (Å²) >= 11 is 3.42. The second-order valence-electron chi connectivity index (χ2n) is 4.77. The summed E-state index contributed by atoms with van der Waals surface area (Å²) in [6, 6.07) is 11.7. The number of hydrogen-bond acceptors (Lipinski definition) is 2. The van der Waals surface area contributed by atoms with Crippen LogP contribution in [0.25, 0.3) is 0 Å². The van der Waals surface area contributed by atoms with E-state index in [0.29, 0.717) is 6.42 Å². The second-order valence-corrected chi connectivity index (χ2v) is 5.69. The van der Waals surface area contributed by atoms with Crippen LogP contribution in [0, 0.1) is 0 Å². The minimum atomic E-state index is 0.0170.